The third-order valence-electron chi connectivity index (χ3n) is 4.53. The normalized spacial score (nSPS) is 17.0. The van der Waals surface area contributed by atoms with Gasteiger partial charge in [-0.25, -0.2) is 0 Å². The molecule has 138 valence electrons. The van der Waals surface area contributed by atoms with E-state index in [1.165, 1.54) is 22.4 Å². The molecule has 0 aromatic heterocycles. The van der Waals surface area contributed by atoms with Crippen molar-refractivity contribution < 1.29 is 0 Å². The van der Waals surface area contributed by atoms with Crippen molar-refractivity contribution in [1.82, 2.24) is 4.90 Å². The molecule has 3 rings (SSSR count). The molecule has 0 aliphatic carbocycles. The number of aryl methyl sites for hydroxylation is 1. The summed E-state index contributed by atoms with van der Waals surface area (Å²) in [6.07, 6.45) is 0. The van der Waals surface area contributed by atoms with Gasteiger partial charge in [-0.3, -0.25) is 4.99 Å². The van der Waals surface area contributed by atoms with Gasteiger partial charge in [0.2, 0.25) is 0 Å². The first-order chi connectivity index (χ1) is 12.3. The van der Waals surface area contributed by atoms with E-state index in [0.717, 1.165) is 24.3 Å². The molecular formula is C22H29N3S. The second-order valence-corrected chi connectivity index (χ2v) is 8.83. The van der Waals surface area contributed by atoms with Gasteiger partial charge in [0.25, 0.3) is 0 Å². The predicted octanol–water partition coefficient (Wildman–Crippen LogP) is 5.43. The summed E-state index contributed by atoms with van der Waals surface area (Å²) in [6, 6.07) is 17.2. The van der Waals surface area contributed by atoms with E-state index in [-0.39, 0.29) is 5.54 Å². The highest BCUT2D eigenvalue weighted by Crippen LogP contribution is 2.30. The predicted molar refractivity (Wildman–Crippen MR) is 115 cm³/mol. The lowest BCUT2D eigenvalue weighted by molar-refractivity contribution is 0.407. The van der Waals surface area contributed by atoms with Crippen LogP contribution in [0.25, 0.3) is 0 Å². The van der Waals surface area contributed by atoms with Crippen LogP contribution in [0.2, 0.25) is 0 Å². The van der Waals surface area contributed by atoms with E-state index in [1.54, 1.807) is 0 Å². The van der Waals surface area contributed by atoms with E-state index < -0.39 is 0 Å². The van der Waals surface area contributed by atoms with Gasteiger partial charge in [-0.2, -0.15) is 0 Å². The van der Waals surface area contributed by atoms with Crippen LogP contribution in [-0.2, 0) is 6.54 Å². The molecule has 1 aliphatic heterocycles. The highest BCUT2D eigenvalue weighted by molar-refractivity contribution is 8.13. The van der Waals surface area contributed by atoms with Crippen LogP contribution in [0, 0.1) is 13.8 Å². The Kier molecular flexibility index (Phi) is 5.61. The summed E-state index contributed by atoms with van der Waals surface area (Å²) in [6.45, 7) is 12.6. The van der Waals surface area contributed by atoms with E-state index in [0.29, 0.717) is 0 Å². The smallest absolute Gasteiger partial charge is 0.163 e. The number of rotatable bonds is 3. The molecule has 4 heteroatoms. The Labute approximate surface area is 162 Å². The van der Waals surface area contributed by atoms with Crippen molar-refractivity contribution in [3.63, 3.8) is 0 Å². The molecule has 0 saturated carbocycles. The van der Waals surface area contributed by atoms with Gasteiger partial charge in [-0.1, -0.05) is 54.2 Å². The minimum atomic E-state index is -0.0707. The van der Waals surface area contributed by atoms with Gasteiger partial charge in [0.05, 0.1) is 18.1 Å². The van der Waals surface area contributed by atoms with Gasteiger partial charge in [-0.05, 0) is 57.4 Å². The Hall–Kier alpha value is -1.94. The van der Waals surface area contributed by atoms with Gasteiger partial charge >= 0.3 is 0 Å². The lowest BCUT2D eigenvalue weighted by Gasteiger charge is -2.40. The van der Waals surface area contributed by atoms with E-state index in [4.69, 9.17) is 4.99 Å². The van der Waals surface area contributed by atoms with Crippen LogP contribution in [0.3, 0.4) is 0 Å². The van der Waals surface area contributed by atoms with Gasteiger partial charge in [0.15, 0.2) is 5.17 Å². The summed E-state index contributed by atoms with van der Waals surface area (Å²) in [7, 11) is 0. The summed E-state index contributed by atoms with van der Waals surface area (Å²) in [4.78, 5) is 9.85. The molecule has 0 radical (unpaired) electrons. The molecule has 26 heavy (non-hydrogen) atoms. The van der Waals surface area contributed by atoms with Crippen molar-refractivity contribution in [2.24, 2.45) is 4.99 Å². The molecule has 2 aromatic rings. The molecular weight excluding hydrogens is 338 g/mol. The first-order valence-corrected chi connectivity index (χ1v) is 10.1. The molecule has 1 aliphatic rings. The molecule has 1 heterocycles. The number of nitrogens with zero attached hydrogens (tertiary/aromatic N) is 3. The Balaban J connectivity index is 1.88. The quantitative estimate of drug-likeness (QED) is 0.721. The van der Waals surface area contributed by atoms with Crippen molar-refractivity contribution in [1.29, 1.82) is 0 Å². The topological polar surface area (TPSA) is 18.8 Å². The maximum absolute atomic E-state index is 4.99. The Bertz CT molecular complexity index is 778. The summed E-state index contributed by atoms with van der Waals surface area (Å²) in [5.74, 6) is 0.935. The molecule has 0 N–H and O–H groups in total. The Morgan fingerprint density at radius 1 is 1.00 bits per heavy atom. The van der Waals surface area contributed by atoms with E-state index >= 15 is 0 Å². The second kappa shape index (κ2) is 7.75. The molecule has 0 atom stereocenters. The van der Waals surface area contributed by atoms with Crippen LogP contribution < -0.4 is 4.90 Å². The number of amidine groups is 1. The fraction of sp³-hybridized carbons (Fsp3) is 0.409. The lowest BCUT2D eigenvalue weighted by atomic mass is 10.1. The van der Waals surface area contributed by atoms with Crippen LogP contribution in [0.15, 0.2) is 53.5 Å². The zero-order valence-corrected chi connectivity index (χ0v) is 17.3. The van der Waals surface area contributed by atoms with E-state index in [9.17, 15) is 0 Å². The van der Waals surface area contributed by atoms with E-state index in [2.05, 4.69) is 92.9 Å². The minimum absolute atomic E-state index is 0.0707. The third-order valence-corrected chi connectivity index (χ3v) is 5.57. The van der Waals surface area contributed by atoms with Crippen LogP contribution in [0.4, 0.5) is 5.69 Å². The molecule has 0 unspecified atom stereocenters. The zero-order valence-electron chi connectivity index (χ0n) is 16.5. The number of benzene rings is 2. The van der Waals surface area contributed by atoms with Crippen molar-refractivity contribution in [2.75, 3.05) is 17.4 Å². The van der Waals surface area contributed by atoms with Crippen molar-refractivity contribution >= 4 is 22.6 Å². The van der Waals surface area contributed by atoms with Gasteiger partial charge in [-0.15, -0.1) is 0 Å². The average Bonchev–Trinajstić information content (AvgIpc) is 2.59. The monoisotopic (exact) mass is 367 g/mol. The maximum atomic E-state index is 4.99. The van der Waals surface area contributed by atoms with Crippen LogP contribution in [0.5, 0.6) is 0 Å². The number of hydrogen-bond acceptors (Lipinski definition) is 3. The first kappa shape index (κ1) is 18.8. The summed E-state index contributed by atoms with van der Waals surface area (Å²) < 4.78 is 0. The highest BCUT2D eigenvalue weighted by atomic mass is 32.2. The number of thioether (sulfide) groups is 1. The van der Waals surface area contributed by atoms with E-state index in [1.807, 2.05) is 11.8 Å². The number of hydrogen-bond donors (Lipinski definition) is 0. The summed E-state index contributed by atoms with van der Waals surface area (Å²) in [5.41, 5.74) is 5.28. The molecule has 0 bridgehead atoms. The number of anilines is 1. The SMILES string of the molecule is Cc1cccc(N2CSC(=NC(C)(C)C)N(Cc3ccccc3)C2)c1C. The van der Waals surface area contributed by atoms with Crippen LogP contribution in [0.1, 0.15) is 37.5 Å². The van der Waals surface area contributed by atoms with Crippen molar-refractivity contribution in [3.05, 3.63) is 65.2 Å². The number of aliphatic imine (C=N–C) groups is 1. The Morgan fingerprint density at radius 3 is 2.42 bits per heavy atom. The molecule has 3 nitrogen and oxygen atoms in total. The highest BCUT2D eigenvalue weighted by Gasteiger charge is 2.26. The van der Waals surface area contributed by atoms with Crippen molar-refractivity contribution in [3.8, 4) is 0 Å². The fourth-order valence-electron chi connectivity index (χ4n) is 3.07. The average molecular weight is 368 g/mol. The third kappa shape index (κ3) is 4.61. The van der Waals surface area contributed by atoms with Gasteiger partial charge in [0, 0.05) is 12.2 Å². The lowest BCUT2D eigenvalue weighted by Crippen LogP contribution is -2.46. The van der Waals surface area contributed by atoms with Crippen LogP contribution >= 0.6 is 11.8 Å². The minimum Gasteiger partial charge on any atom is -0.344 e. The fourth-order valence-corrected chi connectivity index (χ4v) is 4.20. The van der Waals surface area contributed by atoms with Gasteiger partial charge in [0.1, 0.15) is 0 Å². The maximum Gasteiger partial charge on any atom is 0.163 e. The molecule has 2 aromatic carbocycles. The summed E-state index contributed by atoms with van der Waals surface area (Å²) in [5, 5.41) is 1.14. The van der Waals surface area contributed by atoms with Crippen molar-refractivity contribution in [2.45, 2.75) is 46.7 Å². The molecule has 1 fully saturated rings. The molecule has 1 saturated heterocycles. The largest absolute Gasteiger partial charge is 0.344 e. The standard InChI is InChI=1S/C22H29N3S/c1-17-10-9-13-20(18(17)2)25-15-24(14-19-11-7-6-8-12-19)21(26-16-25)23-22(3,4)5/h6-13H,14-16H2,1-5H3. The van der Waals surface area contributed by atoms with Gasteiger partial charge < -0.3 is 9.80 Å². The second-order valence-electron chi connectivity index (χ2n) is 7.92. The molecule has 0 spiro atoms. The Morgan fingerprint density at radius 2 is 1.73 bits per heavy atom. The summed E-state index contributed by atoms with van der Waals surface area (Å²) >= 11 is 1.84. The molecule has 0 amide bonds. The van der Waals surface area contributed by atoms with Crippen LogP contribution in [-0.4, -0.2) is 28.2 Å². The zero-order chi connectivity index (χ0) is 18.7. The first-order valence-electron chi connectivity index (χ1n) is 9.16.